The van der Waals surface area contributed by atoms with Gasteiger partial charge in [0.1, 0.15) is 6.04 Å². The Kier molecular flexibility index (Phi) is 3.57. The molecule has 1 aliphatic heterocycles. The first kappa shape index (κ1) is 12.9. The van der Waals surface area contributed by atoms with Crippen molar-refractivity contribution in [3.8, 4) is 0 Å². The molecule has 18 heavy (non-hydrogen) atoms. The summed E-state index contributed by atoms with van der Waals surface area (Å²) in [5, 5.41) is 3.09. The first-order valence-corrected chi connectivity index (χ1v) is 6.28. The predicted octanol–water partition coefficient (Wildman–Crippen LogP) is 1.89. The lowest BCUT2D eigenvalue weighted by Gasteiger charge is -2.34. The van der Waals surface area contributed by atoms with Crippen LogP contribution in [0.3, 0.4) is 0 Å². The minimum atomic E-state index is -0.480. The molecule has 2 rings (SSSR count). The van der Waals surface area contributed by atoms with Crippen molar-refractivity contribution >= 4 is 29.1 Å². The average molecular weight is 267 g/mol. The Hall–Kier alpha value is -1.55. The number of rotatable bonds is 2. The molecule has 1 aromatic carbocycles. The normalized spacial score (nSPS) is 19.9. The molecule has 0 radical (unpaired) electrons. The molecule has 0 aliphatic carbocycles. The molecule has 1 fully saturated rings. The zero-order valence-corrected chi connectivity index (χ0v) is 11.1. The monoisotopic (exact) mass is 266 g/mol. The van der Waals surface area contributed by atoms with E-state index in [1.165, 1.54) is 4.90 Å². The van der Waals surface area contributed by atoms with Gasteiger partial charge in [0.05, 0.1) is 17.3 Å². The summed E-state index contributed by atoms with van der Waals surface area (Å²) in [7, 11) is 0. The van der Waals surface area contributed by atoms with Gasteiger partial charge in [0.25, 0.3) is 0 Å². The predicted molar refractivity (Wildman–Crippen MR) is 70.8 cm³/mol. The molecular weight excluding hydrogens is 252 g/mol. The molecule has 1 saturated heterocycles. The van der Waals surface area contributed by atoms with Gasteiger partial charge in [0, 0.05) is 0 Å². The summed E-state index contributed by atoms with van der Waals surface area (Å²) in [5.41, 5.74) is 1.62. The summed E-state index contributed by atoms with van der Waals surface area (Å²) < 4.78 is 0. The number of nitrogens with one attached hydrogen (secondary N) is 1. The van der Waals surface area contributed by atoms with Crippen LogP contribution in [-0.2, 0) is 9.59 Å². The van der Waals surface area contributed by atoms with Crippen molar-refractivity contribution in [2.75, 3.05) is 11.4 Å². The van der Waals surface area contributed by atoms with Gasteiger partial charge >= 0.3 is 0 Å². The molecular formula is C13H15ClN2O2. The van der Waals surface area contributed by atoms with Crippen LogP contribution in [-0.4, -0.2) is 24.4 Å². The Labute approximate surface area is 111 Å². The zero-order chi connectivity index (χ0) is 13.3. The lowest BCUT2D eigenvalue weighted by atomic mass is 10.1. The molecule has 1 N–H and O–H groups in total. The summed E-state index contributed by atoms with van der Waals surface area (Å²) in [6.07, 6.45) is 0.557. The third-order valence-electron chi connectivity index (χ3n) is 3.05. The van der Waals surface area contributed by atoms with Crippen LogP contribution in [0.5, 0.6) is 0 Å². The molecule has 1 aromatic rings. The summed E-state index contributed by atoms with van der Waals surface area (Å²) in [4.78, 5) is 25.3. The van der Waals surface area contributed by atoms with E-state index in [1.54, 1.807) is 12.1 Å². The molecule has 0 saturated carbocycles. The SMILES string of the molecule is CCC1C(=O)NCC(=O)N1c1ccc(C)cc1Cl. The molecule has 1 unspecified atom stereocenters. The summed E-state index contributed by atoms with van der Waals surface area (Å²) in [6.45, 7) is 3.83. The van der Waals surface area contributed by atoms with E-state index in [9.17, 15) is 9.59 Å². The second-order valence-electron chi connectivity index (χ2n) is 4.36. The van der Waals surface area contributed by atoms with Gasteiger partial charge in [0.2, 0.25) is 11.8 Å². The van der Waals surface area contributed by atoms with Crippen LogP contribution in [0.4, 0.5) is 5.69 Å². The summed E-state index contributed by atoms with van der Waals surface area (Å²) in [6, 6.07) is 4.99. The maximum Gasteiger partial charge on any atom is 0.247 e. The quantitative estimate of drug-likeness (QED) is 0.889. The van der Waals surface area contributed by atoms with Crippen molar-refractivity contribution in [3.63, 3.8) is 0 Å². The maximum atomic E-state index is 12.0. The zero-order valence-electron chi connectivity index (χ0n) is 10.4. The first-order valence-electron chi connectivity index (χ1n) is 5.90. The molecule has 2 amide bonds. The molecule has 4 nitrogen and oxygen atoms in total. The van der Waals surface area contributed by atoms with E-state index in [-0.39, 0.29) is 18.4 Å². The van der Waals surface area contributed by atoms with E-state index in [1.807, 2.05) is 19.9 Å². The van der Waals surface area contributed by atoms with Crippen molar-refractivity contribution in [2.24, 2.45) is 0 Å². The molecule has 1 heterocycles. The van der Waals surface area contributed by atoms with Crippen molar-refractivity contribution < 1.29 is 9.59 Å². The van der Waals surface area contributed by atoms with E-state index < -0.39 is 6.04 Å². The molecule has 96 valence electrons. The highest BCUT2D eigenvalue weighted by molar-refractivity contribution is 6.34. The van der Waals surface area contributed by atoms with Crippen molar-refractivity contribution in [1.82, 2.24) is 5.32 Å². The fourth-order valence-corrected chi connectivity index (χ4v) is 2.46. The Morgan fingerprint density at radius 1 is 1.44 bits per heavy atom. The van der Waals surface area contributed by atoms with Gasteiger partial charge < -0.3 is 5.32 Å². The van der Waals surface area contributed by atoms with Crippen LogP contribution in [0.15, 0.2) is 18.2 Å². The van der Waals surface area contributed by atoms with Crippen LogP contribution in [0.1, 0.15) is 18.9 Å². The Bertz CT molecular complexity index is 502. The third-order valence-corrected chi connectivity index (χ3v) is 3.35. The lowest BCUT2D eigenvalue weighted by molar-refractivity contribution is -0.131. The fraction of sp³-hybridized carbons (Fsp3) is 0.385. The Balaban J connectivity index is 2.44. The number of amides is 2. The number of aryl methyl sites for hydroxylation is 1. The van der Waals surface area contributed by atoms with Crippen LogP contribution in [0.25, 0.3) is 0 Å². The summed E-state index contributed by atoms with van der Waals surface area (Å²) in [5.74, 6) is -0.263. The average Bonchev–Trinajstić information content (AvgIpc) is 2.33. The Morgan fingerprint density at radius 2 is 2.17 bits per heavy atom. The second-order valence-corrected chi connectivity index (χ2v) is 4.77. The summed E-state index contributed by atoms with van der Waals surface area (Å²) >= 11 is 6.17. The minimum absolute atomic E-state index is 0.0273. The number of hydrogen-bond acceptors (Lipinski definition) is 2. The number of carbonyl (C=O) groups is 2. The number of halogens is 1. The second kappa shape index (κ2) is 4.98. The van der Waals surface area contributed by atoms with Crippen molar-refractivity contribution in [3.05, 3.63) is 28.8 Å². The van der Waals surface area contributed by atoms with E-state index in [2.05, 4.69) is 5.32 Å². The van der Waals surface area contributed by atoms with Gasteiger partial charge in [-0.05, 0) is 31.0 Å². The fourth-order valence-electron chi connectivity index (χ4n) is 2.13. The van der Waals surface area contributed by atoms with E-state index in [0.29, 0.717) is 17.1 Å². The van der Waals surface area contributed by atoms with E-state index in [0.717, 1.165) is 5.56 Å². The van der Waals surface area contributed by atoms with Gasteiger partial charge in [0.15, 0.2) is 0 Å². The number of nitrogens with zero attached hydrogens (tertiary/aromatic N) is 1. The highest BCUT2D eigenvalue weighted by atomic mass is 35.5. The molecule has 1 aliphatic rings. The maximum absolute atomic E-state index is 12.0. The van der Waals surface area contributed by atoms with Crippen LogP contribution in [0.2, 0.25) is 5.02 Å². The minimum Gasteiger partial charge on any atom is -0.345 e. The smallest absolute Gasteiger partial charge is 0.247 e. The highest BCUT2D eigenvalue weighted by Crippen LogP contribution is 2.30. The molecule has 1 atom stereocenters. The van der Waals surface area contributed by atoms with Crippen molar-refractivity contribution in [1.29, 1.82) is 0 Å². The Morgan fingerprint density at radius 3 is 2.78 bits per heavy atom. The van der Waals surface area contributed by atoms with Crippen LogP contribution in [0, 0.1) is 6.92 Å². The first-order chi connectivity index (χ1) is 8.54. The number of piperazine rings is 1. The van der Waals surface area contributed by atoms with Crippen LogP contribution < -0.4 is 10.2 Å². The van der Waals surface area contributed by atoms with Gasteiger partial charge in [-0.25, -0.2) is 0 Å². The third kappa shape index (κ3) is 2.20. The van der Waals surface area contributed by atoms with E-state index in [4.69, 9.17) is 11.6 Å². The van der Waals surface area contributed by atoms with Gasteiger partial charge in [-0.1, -0.05) is 24.6 Å². The molecule has 0 aromatic heterocycles. The van der Waals surface area contributed by atoms with Crippen LogP contribution >= 0.6 is 11.6 Å². The standard InChI is InChI=1S/C13H15ClN2O2/c1-3-10-13(18)15-7-12(17)16(10)11-5-4-8(2)6-9(11)14/h4-6,10H,3,7H2,1-2H3,(H,15,18). The molecule has 0 spiro atoms. The highest BCUT2D eigenvalue weighted by Gasteiger charge is 2.35. The number of carbonyl (C=O) groups excluding carboxylic acids is 2. The number of anilines is 1. The van der Waals surface area contributed by atoms with Gasteiger partial charge in [-0.15, -0.1) is 0 Å². The van der Waals surface area contributed by atoms with E-state index >= 15 is 0 Å². The largest absolute Gasteiger partial charge is 0.345 e. The molecule has 5 heteroatoms. The topological polar surface area (TPSA) is 49.4 Å². The lowest BCUT2D eigenvalue weighted by Crippen LogP contribution is -2.58. The van der Waals surface area contributed by atoms with Crippen molar-refractivity contribution in [2.45, 2.75) is 26.3 Å². The molecule has 0 bridgehead atoms. The number of hydrogen-bond donors (Lipinski definition) is 1. The van der Waals surface area contributed by atoms with Gasteiger partial charge in [-0.3, -0.25) is 14.5 Å². The van der Waals surface area contributed by atoms with Gasteiger partial charge in [-0.2, -0.15) is 0 Å². The number of benzene rings is 1.